The fourth-order valence-corrected chi connectivity index (χ4v) is 3.73. The fraction of sp³-hybridized carbons (Fsp3) is 0.571. The molecule has 19 heavy (non-hydrogen) atoms. The molecule has 0 aliphatic heterocycles. The minimum Gasteiger partial charge on any atom is -0.391 e. The van der Waals surface area contributed by atoms with Gasteiger partial charge in [-0.1, -0.05) is 6.07 Å². The maximum absolute atomic E-state index is 12.3. The largest absolute Gasteiger partial charge is 0.391 e. The summed E-state index contributed by atoms with van der Waals surface area (Å²) in [5, 5.41) is 9.62. The molecule has 1 aliphatic rings. The molecule has 0 amide bonds. The van der Waals surface area contributed by atoms with Gasteiger partial charge in [0.05, 0.1) is 16.5 Å². The Morgan fingerprint density at radius 3 is 2.53 bits per heavy atom. The first kappa shape index (κ1) is 14.5. The number of rotatable bonds is 4. The van der Waals surface area contributed by atoms with Gasteiger partial charge in [-0.25, -0.2) is 13.1 Å². The number of aliphatic hydroxyl groups is 1. The SMILES string of the molecule is CC(O)C(C)(C)NS(=O)(=O)c1ccc2c(c1)CCC2. The molecule has 0 fully saturated rings. The second kappa shape index (κ2) is 4.89. The van der Waals surface area contributed by atoms with E-state index in [2.05, 4.69) is 4.72 Å². The smallest absolute Gasteiger partial charge is 0.241 e. The van der Waals surface area contributed by atoms with Crippen LogP contribution in [0.4, 0.5) is 0 Å². The number of hydrogen-bond donors (Lipinski definition) is 2. The van der Waals surface area contributed by atoms with Crippen LogP contribution >= 0.6 is 0 Å². The molecule has 0 saturated heterocycles. The summed E-state index contributed by atoms with van der Waals surface area (Å²) in [7, 11) is -3.59. The Hall–Kier alpha value is -0.910. The molecular formula is C14H21NO3S. The van der Waals surface area contributed by atoms with Crippen LogP contribution in [-0.2, 0) is 22.9 Å². The summed E-state index contributed by atoms with van der Waals surface area (Å²) in [6.07, 6.45) is 2.29. The van der Waals surface area contributed by atoms with Gasteiger partial charge in [0.25, 0.3) is 0 Å². The van der Waals surface area contributed by atoms with Crippen molar-refractivity contribution in [2.75, 3.05) is 0 Å². The van der Waals surface area contributed by atoms with Crippen LogP contribution < -0.4 is 4.72 Å². The predicted octanol–water partition coefficient (Wildman–Crippen LogP) is 1.61. The molecule has 0 aromatic heterocycles. The average Bonchev–Trinajstić information content (AvgIpc) is 2.73. The van der Waals surface area contributed by atoms with Crippen LogP contribution in [0.5, 0.6) is 0 Å². The Morgan fingerprint density at radius 2 is 1.89 bits per heavy atom. The summed E-state index contributed by atoms with van der Waals surface area (Å²) in [5.74, 6) is 0. The summed E-state index contributed by atoms with van der Waals surface area (Å²) in [6.45, 7) is 4.91. The van der Waals surface area contributed by atoms with Crippen molar-refractivity contribution < 1.29 is 13.5 Å². The molecule has 1 aliphatic carbocycles. The van der Waals surface area contributed by atoms with Crippen LogP contribution in [0.2, 0.25) is 0 Å². The lowest BCUT2D eigenvalue weighted by molar-refractivity contribution is 0.111. The number of nitrogens with one attached hydrogen (secondary N) is 1. The predicted molar refractivity (Wildman–Crippen MR) is 74.5 cm³/mol. The zero-order valence-electron chi connectivity index (χ0n) is 11.6. The van der Waals surface area contributed by atoms with E-state index in [0.717, 1.165) is 24.8 Å². The van der Waals surface area contributed by atoms with Crippen molar-refractivity contribution in [1.29, 1.82) is 0 Å². The number of benzene rings is 1. The monoisotopic (exact) mass is 283 g/mol. The summed E-state index contributed by atoms with van der Waals surface area (Å²) in [6, 6.07) is 5.29. The normalized spacial score (nSPS) is 17.3. The van der Waals surface area contributed by atoms with E-state index in [-0.39, 0.29) is 4.90 Å². The quantitative estimate of drug-likeness (QED) is 0.882. The lowest BCUT2D eigenvalue weighted by Gasteiger charge is -2.29. The Labute approximate surface area is 114 Å². The molecule has 0 radical (unpaired) electrons. The van der Waals surface area contributed by atoms with Crippen LogP contribution in [-0.4, -0.2) is 25.2 Å². The van der Waals surface area contributed by atoms with Gasteiger partial charge in [-0.3, -0.25) is 0 Å². The Morgan fingerprint density at radius 1 is 1.26 bits per heavy atom. The molecule has 2 N–H and O–H groups in total. The summed E-state index contributed by atoms with van der Waals surface area (Å²) >= 11 is 0. The molecule has 1 aromatic carbocycles. The minimum atomic E-state index is -3.59. The second-order valence-corrected chi connectivity index (χ2v) is 7.47. The number of fused-ring (bicyclic) bond motifs is 1. The van der Waals surface area contributed by atoms with Crippen molar-refractivity contribution in [1.82, 2.24) is 4.72 Å². The zero-order valence-corrected chi connectivity index (χ0v) is 12.4. The molecule has 0 heterocycles. The van der Waals surface area contributed by atoms with Crippen molar-refractivity contribution in [2.45, 2.75) is 56.6 Å². The molecule has 5 heteroatoms. The van der Waals surface area contributed by atoms with Crippen molar-refractivity contribution in [3.63, 3.8) is 0 Å². The van der Waals surface area contributed by atoms with Crippen molar-refractivity contribution in [2.24, 2.45) is 0 Å². The number of sulfonamides is 1. The Balaban J connectivity index is 2.30. The van der Waals surface area contributed by atoms with Gasteiger partial charge in [0.2, 0.25) is 10.0 Å². The highest BCUT2D eigenvalue weighted by Crippen LogP contribution is 2.25. The molecular weight excluding hydrogens is 262 g/mol. The van der Waals surface area contributed by atoms with Crippen LogP contribution in [0, 0.1) is 0 Å². The van der Waals surface area contributed by atoms with Gasteiger partial charge in [0.1, 0.15) is 0 Å². The summed E-state index contributed by atoms with van der Waals surface area (Å²) in [4.78, 5) is 0.280. The van der Waals surface area contributed by atoms with E-state index in [1.807, 2.05) is 6.07 Å². The lowest BCUT2D eigenvalue weighted by Crippen LogP contribution is -2.50. The average molecular weight is 283 g/mol. The summed E-state index contributed by atoms with van der Waals surface area (Å²) in [5.41, 5.74) is 1.48. The molecule has 4 nitrogen and oxygen atoms in total. The molecule has 0 bridgehead atoms. The van der Waals surface area contributed by atoms with Gasteiger partial charge < -0.3 is 5.11 Å². The molecule has 1 atom stereocenters. The van der Waals surface area contributed by atoms with Crippen LogP contribution in [0.25, 0.3) is 0 Å². The van der Waals surface area contributed by atoms with Gasteiger partial charge in [-0.15, -0.1) is 0 Å². The van der Waals surface area contributed by atoms with Gasteiger partial charge in [0.15, 0.2) is 0 Å². The van der Waals surface area contributed by atoms with E-state index in [1.54, 1.807) is 32.9 Å². The number of hydrogen-bond acceptors (Lipinski definition) is 3. The molecule has 1 unspecified atom stereocenters. The van der Waals surface area contributed by atoms with Gasteiger partial charge in [-0.05, 0) is 63.3 Å². The summed E-state index contributed by atoms with van der Waals surface area (Å²) < 4.78 is 27.2. The zero-order chi connectivity index (χ0) is 14.3. The highest BCUT2D eigenvalue weighted by Gasteiger charge is 2.30. The number of aryl methyl sites for hydroxylation is 2. The van der Waals surface area contributed by atoms with Crippen molar-refractivity contribution in [3.05, 3.63) is 29.3 Å². The standard InChI is InChI=1S/C14H21NO3S/c1-10(16)14(2,3)15-19(17,18)13-8-7-11-5-4-6-12(11)9-13/h7-10,15-16H,4-6H2,1-3H3. The molecule has 106 valence electrons. The van der Waals surface area contributed by atoms with E-state index in [0.29, 0.717) is 0 Å². The van der Waals surface area contributed by atoms with Gasteiger partial charge in [0, 0.05) is 0 Å². The second-order valence-electron chi connectivity index (χ2n) is 5.79. The Bertz CT molecular complexity index is 576. The molecule has 0 spiro atoms. The van der Waals surface area contributed by atoms with Crippen LogP contribution in [0.15, 0.2) is 23.1 Å². The molecule has 2 rings (SSSR count). The van der Waals surface area contributed by atoms with E-state index in [4.69, 9.17) is 0 Å². The first-order chi connectivity index (χ1) is 8.72. The molecule has 1 aromatic rings. The maximum atomic E-state index is 12.3. The maximum Gasteiger partial charge on any atom is 0.241 e. The van der Waals surface area contributed by atoms with E-state index in [1.165, 1.54) is 5.56 Å². The third-order valence-corrected chi connectivity index (χ3v) is 5.49. The van der Waals surface area contributed by atoms with E-state index < -0.39 is 21.7 Å². The minimum absolute atomic E-state index is 0.280. The molecule has 0 saturated carbocycles. The lowest BCUT2D eigenvalue weighted by atomic mass is 10.0. The van der Waals surface area contributed by atoms with E-state index in [9.17, 15) is 13.5 Å². The highest BCUT2D eigenvalue weighted by molar-refractivity contribution is 7.89. The van der Waals surface area contributed by atoms with Crippen LogP contribution in [0.1, 0.15) is 38.3 Å². The number of aliphatic hydroxyl groups excluding tert-OH is 1. The van der Waals surface area contributed by atoms with Crippen molar-refractivity contribution >= 4 is 10.0 Å². The van der Waals surface area contributed by atoms with E-state index >= 15 is 0 Å². The fourth-order valence-electron chi connectivity index (χ4n) is 2.21. The van der Waals surface area contributed by atoms with Crippen molar-refractivity contribution in [3.8, 4) is 0 Å². The Kier molecular flexibility index (Phi) is 3.73. The first-order valence-corrected chi connectivity index (χ1v) is 8.04. The van der Waals surface area contributed by atoms with Crippen LogP contribution in [0.3, 0.4) is 0 Å². The van der Waals surface area contributed by atoms with Gasteiger partial charge in [-0.2, -0.15) is 0 Å². The third kappa shape index (κ3) is 2.99. The highest BCUT2D eigenvalue weighted by atomic mass is 32.2. The third-order valence-electron chi connectivity index (χ3n) is 3.82. The van der Waals surface area contributed by atoms with Gasteiger partial charge >= 0.3 is 0 Å². The topological polar surface area (TPSA) is 66.4 Å². The first-order valence-electron chi connectivity index (χ1n) is 6.56.